The Hall–Kier alpha value is -1.94. The molecule has 16 heavy (non-hydrogen) atoms. The van der Waals surface area contributed by atoms with Gasteiger partial charge in [0.25, 0.3) is 11.8 Å². The van der Waals surface area contributed by atoms with Crippen molar-refractivity contribution in [3.63, 3.8) is 0 Å². The molecule has 1 unspecified atom stereocenters. The summed E-state index contributed by atoms with van der Waals surface area (Å²) in [4.78, 5) is 23.5. The first-order valence-corrected chi connectivity index (χ1v) is 4.95. The molecule has 0 aromatic heterocycles. The van der Waals surface area contributed by atoms with Gasteiger partial charge in [-0.15, -0.1) is 0 Å². The summed E-state index contributed by atoms with van der Waals surface area (Å²) in [7, 11) is 0. The minimum absolute atomic E-state index is 0.00528. The van der Waals surface area contributed by atoms with Gasteiger partial charge in [0.1, 0.15) is 0 Å². The minimum atomic E-state index is -0.839. The van der Waals surface area contributed by atoms with Crippen LogP contribution in [0.15, 0.2) is 42.5 Å². The molecule has 4 heteroatoms. The fraction of sp³-hybridized carbons (Fsp3) is 0.167. The number of rotatable bonds is 3. The lowest BCUT2D eigenvalue weighted by molar-refractivity contribution is -0.138. The minimum Gasteiger partial charge on any atom is -0.387 e. The summed E-state index contributed by atoms with van der Waals surface area (Å²) in [6.45, 7) is -0.00528. The average Bonchev–Trinajstić information content (AvgIpc) is 2.62. The monoisotopic (exact) mass is 217 g/mol. The summed E-state index contributed by atoms with van der Waals surface area (Å²) < 4.78 is 0. The Morgan fingerprint density at radius 3 is 2.19 bits per heavy atom. The van der Waals surface area contributed by atoms with Gasteiger partial charge in [0, 0.05) is 12.2 Å². The second-order valence-corrected chi connectivity index (χ2v) is 3.55. The first kappa shape index (κ1) is 10.6. The molecule has 0 saturated carbocycles. The van der Waals surface area contributed by atoms with E-state index in [0.29, 0.717) is 5.56 Å². The van der Waals surface area contributed by atoms with Crippen LogP contribution in [0.4, 0.5) is 0 Å². The van der Waals surface area contributed by atoms with Crippen LogP contribution in [0, 0.1) is 0 Å². The van der Waals surface area contributed by atoms with Gasteiger partial charge in [-0.2, -0.15) is 0 Å². The van der Waals surface area contributed by atoms with Crippen LogP contribution in [0.3, 0.4) is 0 Å². The molecule has 2 amide bonds. The van der Waals surface area contributed by atoms with E-state index in [2.05, 4.69) is 0 Å². The Morgan fingerprint density at radius 2 is 1.62 bits per heavy atom. The highest BCUT2D eigenvalue weighted by atomic mass is 16.3. The second-order valence-electron chi connectivity index (χ2n) is 3.55. The zero-order valence-corrected chi connectivity index (χ0v) is 8.54. The van der Waals surface area contributed by atoms with E-state index in [1.54, 1.807) is 24.3 Å². The number of hydrogen-bond acceptors (Lipinski definition) is 3. The third-order valence-electron chi connectivity index (χ3n) is 2.44. The van der Waals surface area contributed by atoms with E-state index in [-0.39, 0.29) is 18.4 Å². The SMILES string of the molecule is O=C1C=CC(=O)N1CC(O)c1ccccc1. The Labute approximate surface area is 92.8 Å². The average molecular weight is 217 g/mol. The smallest absolute Gasteiger partial charge is 0.253 e. The van der Waals surface area contributed by atoms with Gasteiger partial charge in [-0.05, 0) is 5.56 Å². The maximum atomic E-state index is 11.3. The summed E-state index contributed by atoms with van der Waals surface area (Å²) in [6, 6.07) is 8.94. The van der Waals surface area contributed by atoms with Gasteiger partial charge in [-0.3, -0.25) is 14.5 Å². The summed E-state index contributed by atoms with van der Waals surface area (Å²) in [5.41, 5.74) is 0.690. The number of nitrogens with zero attached hydrogens (tertiary/aromatic N) is 1. The van der Waals surface area contributed by atoms with Crippen LogP contribution < -0.4 is 0 Å². The van der Waals surface area contributed by atoms with Crippen molar-refractivity contribution in [2.45, 2.75) is 6.10 Å². The van der Waals surface area contributed by atoms with Crippen LogP contribution in [-0.4, -0.2) is 28.4 Å². The molecule has 1 aromatic carbocycles. The Balaban J connectivity index is 2.06. The second kappa shape index (κ2) is 4.28. The largest absolute Gasteiger partial charge is 0.387 e. The van der Waals surface area contributed by atoms with Crippen molar-refractivity contribution in [2.75, 3.05) is 6.54 Å². The van der Waals surface area contributed by atoms with Gasteiger partial charge in [0.15, 0.2) is 0 Å². The predicted octanol–water partition coefficient (Wildman–Crippen LogP) is 0.645. The van der Waals surface area contributed by atoms with Crippen LogP contribution in [0.5, 0.6) is 0 Å². The van der Waals surface area contributed by atoms with E-state index in [1.165, 1.54) is 12.2 Å². The molecule has 4 nitrogen and oxygen atoms in total. The van der Waals surface area contributed by atoms with Crippen molar-refractivity contribution < 1.29 is 14.7 Å². The van der Waals surface area contributed by atoms with Gasteiger partial charge < -0.3 is 5.11 Å². The van der Waals surface area contributed by atoms with Crippen LogP contribution in [0.25, 0.3) is 0 Å². The molecule has 0 aliphatic carbocycles. The molecule has 0 bridgehead atoms. The molecule has 1 atom stereocenters. The molecule has 2 rings (SSSR count). The molecule has 1 aliphatic heterocycles. The number of carbonyl (C=O) groups is 2. The zero-order valence-electron chi connectivity index (χ0n) is 8.54. The van der Waals surface area contributed by atoms with Crippen molar-refractivity contribution in [3.05, 3.63) is 48.0 Å². The first-order valence-electron chi connectivity index (χ1n) is 4.95. The maximum absolute atomic E-state index is 11.3. The van der Waals surface area contributed by atoms with Crippen molar-refractivity contribution in [2.24, 2.45) is 0 Å². The van der Waals surface area contributed by atoms with Gasteiger partial charge in [-0.25, -0.2) is 0 Å². The van der Waals surface area contributed by atoms with Crippen molar-refractivity contribution >= 4 is 11.8 Å². The summed E-state index contributed by atoms with van der Waals surface area (Å²) in [6.07, 6.45) is 1.58. The molecule has 0 spiro atoms. The van der Waals surface area contributed by atoms with E-state index in [0.717, 1.165) is 4.90 Å². The van der Waals surface area contributed by atoms with Crippen molar-refractivity contribution in [1.29, 1.82) is 0 Å². The highest BCUT2D eigenvalue weighted by Crippen LogP contribution is 2.15. The fourth-order valence-corrected chi connectivity index (χ4v) is 1.56. The third-order valence-corrected chi connectivity index (χ3v) is 2.44. The summed E-state index contributed by atoms with van der Waals surface area (Å²) >= 11 is 0. The Bertz CT molecular complexity index is 421. The highest BCUT2D eigenvalue weighted by Gasteiger charge is 2.25. The van der Waals surface area contributed by atoms with Gasteiger partial charge in [0.05, 0.1) is 12.6 Å². The fourth-order valence-electron chi connectivity index (χ4n) is 1.56. The molecule has 1 aliphatic rings. The van der Waals surface area contributed by atoms with E-state index in [9.17, 15) is 14.7 Å². The molecule has 1 N–H and O–H groups in total. The van der Waals surface area contributed by atoms with Crippen LogP contribution >= 0.6 is 0 Å². The number of benzene rings is 1. The van der Waals surface area contributed by atoms with Crippen LogP contribution in [-0.2, 0) is 9.59 Å². The lowest BCUT2D eigenvalue weighted by Crippen LogP contribution is -2.33. The number of imide groups is 1. The summed E-state index contributed by atoms with van der Waals surface area (Å²) in [5, 5.41) is 9.84. The molecular formula is C12H11NO3. The van der Waals surface area contributed by atoms with Crippen molar-refractivity contribution in [3.8, 4) is 0 Å². The molecule has 1 heterocycles. The first-order chi connectivity index (χ1) is 7.68. The van der Waals surface area contributed by atoms with E-state index in [4.69, 9.17) is 0 Å². The van der Waals surface area contributed by atoms with E-state index < -0.39 is 6.10 Å². The standard InChI is InChI=1S/C12H11NO3/c14-10(9-4-2-1-3-5-9)8-13-11(15)6-7-12(13)16/h1-7,10,14H,8H2. The van der Waals surface area contributed by atoms with Gasteiger partial charge in [-0.1, -0.05) is 30.3 Å². The number of hydrogen-bond donors (Lipinski definition) is 1. The number of carbonyl (C=O) groups excluding carboxylic acids is 2. The lowest BCUT2D eigenvalue weighted by atomic mass is 10.1. The molecule has 1 aromatic rings. The van der Waals surface area contributed by atoms with Crippen LogP contribution in [0.1, 0.15) is 11.7 Å². The predicted molar refractivity (Wildman–Crippen MR) is 57.3 cm³/mol. The number of β-amino-alcohol motifs (C(OH)–C–C–N with tert-alkyl or cyclic N) is 1. The van der Waals surface area contributed by atoms with E-state index in [1.807, 2.05) is 6.07 Å². The number of aliphatic hydroxyl groups excluding tert-OH is 1. The van der Waals surface area contributed by atoms with Gasteiger partial charge >= 0.3 is 0 Å². The highest BCUT2D eigenvalue weighted by molar-refractivity contribution is 6.12. The van der Waals surface area contributed by atoms with Gasteiger partial charge in [0.2, 0.25) is 0 Å². The Morgan fingerprint density at radius 1 is 1.06 bits per heavy atom. The third kappa shape index (κ3) is 2.01. The topological polar surface area (TPSA) is 57.6 Å². The molecule has 0 fully saturated rings. The molecule has 0 radical (unpaired) electrons. The maximum Gasteiger partial charge on any atom is 0.253 e. The quantitative estimate of drug-likeness (QED) is 0.756. The number of amides is 2. The zero-order chi connectivity index (χ0) is 11.5. The molecule has 82 valence electrons. The Kier molecular flexibility index (Phi) is 2.83. The van der Waals surface area contributed by atoms with E-state index >= 15 is 0 Å². The molecule has 0 saturated heterocycles. The summed E-state index contributed by atoms with van der Waals surface area (Å²) in [5.74, 6) is -0.750. The van der Waals surface area contributed by atoms with Crippen molar-refractivity contribution in [1.82, 2.24) is 4.90 Å². The lowest BCUT2D eigenvalue weighted by Gasteiger charge is -2.18. The van der Waals surface area contributed by atoms with Crippen LogP contribution in [0.2, 0.25) is 0 Å². The number of aliphatic hydroxyl groups is 1. The molecular weight excluding hydrogens is 206 g/mol. The normalized spacial score (nSPS) is 16.9.